The molecule has 0 spiro atoms. The molecule has 0 saturated heterocycles. The summed E-state index contributed by atoms with van der Waals surface area (Å²) in [6, 6.07) is 7.42. The maximum Gasteiger partial charge on any atom is 0.305 e. The van der Waals surface area contributed by atoms with Crippen molar-refractivity contribution in [1.29, 1.82) is 0 Å². The summed E-state index contributed by atoms with van der Waals surface area (Å²) >= 11 is 0.685. The van der Waals surface area contributed by atoms with Crippen molar-refractivity contribution in [1.82, 2.24) is 9.71 Å². The summed E-state index contributed by atoms with van der Waals surface area (Å²) in [6.07, 6.45) is 0. The van der Waals surface area contributed by atoms with Crippen LogP contribution in [0.1, 0.15) is 16.8 Å². The molecule has 0 aliphatic rings. The highest BCUT2D eigenvalue weighted by atomic mass is 32.2. The van der Waals surface area contributed by atoms with E-state index in [4.69, 9.17) is 4.74 Å². The van der Waals surface area contributed by atoms with Gasteiger partial charge in [-0.3, -0.25) is 4.79 Å². The van der Waals surface area contributed by atoms with Gasteiger partial charge in [0.15, 0.2) is 4.21 Å². The third-order valence-corrected chi connectivity index (χ3v) is 5.90. The van der Waals surface area contributed by atoms with E-state index in [1.165, 1.54) is 0 Å². The zero-order chi connectivity index (χ0) is 15.5. The SMILES string of the molecule is COCc1ccccc1CNS(=O)(=O)c1sc(=O)[nH]c1C. The highest BCUT2D eigenvalue weighted by Crippen LogP contribution is 2.17. The van der Waals surface area contributed by atoms with Crippen molar-refractivity contribution in [3.05, 3.63) is 50.8 Å². The molecule has 0 radical (unpaired) electrons. The molecule has 0 atom stereocenters. The van der Waals surface area contributed by atoms with Crippen molar-refractivity contribution in [2.75, 3.05) is 7.11 Å². The molecule has 0 saturated carbocycles. The molecule has 0 aliphatic carbocycles. The molecule has 0 bridgehead atoms. The van der Waals surface area contributed by atoms with Crippen LogP contribution >= 0.6 is 11.3 Å². The van der Waals surface area contributed by atoms with Crippen LogP contribution in [0.15, 0.2) is 33.3 Å². The highest BCUT2D eigenvalue weighted by molar-refractivity contribution is 7.91. The maximum atomic E-state index is 12.2. The van der Waals surface area contributed by atoms with Crippen LogP contribution in [0.2, 0.25) is 0 Å². The molecule has 2 rings (SSSR count). The molecular weight excluding hydrogens is 312 g/mol. The fourth-order valence-corrected chi connectivity index (χ4v) is 4.26. The number of aromatic amines is 1. The van der Waals surface area contributed by atoms with E-state index in [1.807, 2.05) is 24.3 Å². The van der Waals surface area contributed by atoms with E-state index in [9.17, 15) is 13.2 Å². The summed E-state index contributed by atoms with van der Waals surface area (Å²) < 4.78 is 32.1. The van der Waals surface area contributed by atoms with Gasteiger partial charge >= 0.3 is 4.87 Å². The standard InChI is InChI=1S/C13H16N2O4S2/c1-9-12(20-13(16)15-9)21(17,18)14-7-10-5-3-4-6-11(10)8-19-2/h3-6,14H,7-8H2,1-2H3,(H,15,16). The molecule has 1 heterocycles. The van der Waals surface area contributed by atoms with Gasteiger partial charge in [0.25, 0.3) is 10.0 Å². The van der Waals surface area contributed by atoms with Crippen LogP contribution in [0.25, 0.3) is 0 Å². The number of thiazole rings is 1. The number of rotatable bonds is 6. The number of sulfonamides is 1. The first-order valence-electron chi connectivity index (χ1n) is 6.19. The lowest BCUT2D eigenvalue weighted by Gasteiger charge is -2.10. The average molecular weight is 328 g/mol. The summed E-state index contributed by atoms with van der Waals surface area (Å²) in [6.45, 7) is 2.12. The molecule has 8 heteroatoms. The third-order valence-electron chi connectivity index (χ3n) is 2.90. The normalized spacial score (nSPS) is 11.7. The van der Waals surface area contributed by atoms with Crippen molar-refractivity contribution < 1.29 is 13.2 Å². The van der Waals surface area contributed by atoms with Gasteiger partial charge in [0.05, 0.1) is 6.61 Å². The number of ether oxygens (including phenoxy) is 1. The first-order valence-corrected chi connectivity index (χ1v) is 8.49. The van der Waals surface area contributed by atoms with E-state index in [-0.39, 0.29) is 15.6 Å². The zero-order valence-corrected chi connectivity index (χ0v) is 13.3. The van der Waals surface area contributed by atoms with Gasteiger partial charge in [0.1, 0.15) is 0 Å². The van der Waals surface area contributed by atoms with Gasteiger partial charge in [0, 0.05) is 19.3 Å². The Labute approximate surface area is 126 Å². The van der Waals surface area contributed by atoms with E-state index in [1.54, 1.807) is 14.0 Å². The van der Waals surface area contributed by atoms with Crippen molar-refractivity contribution in [3.63, 3.8) is 0 Å². The summed E-state index contributed by atoms with van der Waals surface area (Å²) in [5, 5.41) is 0. The molecule has 0 amide bonds. The number of H-pyrrole nitrogens is 1. The monoisotopic (exact) mass is 328 g/mol. The lowest BCUT2D eigenvalue weighted by atomic mass is 10.1. The minimum absolute atomic E-state index is 0.0247. The van der Waals surface area contributed by atoms with Crippen LogP contribution in [0.5, 0.6) is 0 Å². The average Bonchev–Trinajstić information content (AvgIpc) is 2.78. The number of hydrogen-bond acceptors (Lipinski definition) is 5. The zero-order valence-electron chi connectivity index (χ0n) is 11.7. The second-order valence-electron chi connectivity index (χ2n) is 4.45. The number of aryl methyl sites for hydroxylation is 1. The second kappa shape index (κ2) is 6.52. The predicted molar refractivity (Wildman–Crippen MR) is 80.9 cm³/mol. The number of methoxy groups -OCH3 is 1. The Kier molecular flexibility index (Phi) is 4.94. The Morgan fingerprint density at radius 1 is 1.29 bits per heavy atom. The van der Waals surface area contributed by atoms with Crippen molar-refractivity contribution in [3.8, 4) is 0 Å². The lowest BCUT2D eigenvalue weighted by molar-refractivity contribution is 0.184. The van der Waals surface area contributed by atoms with Gasteiger partial charge in [0.2, 0.25) is 0 Å². The molecule has 6 nitrogen and oxygen atoms in total. The van der Waals surface area contributed by atoms with Gasteiger partial charge in [-0.15, -0.1) is 0 Å². The Morgan fingerprint density at radius 2 is 1.95 bits per heavy atom. The molecule has 114 valence electrons. The van der Waals surface area contributed by atoms with Crippen molar-refractivity contribution in [2.24, 2.45) is 0 Å². The first kappa shape index (κ1) is 15.9. The highest BCUT2D eigenvalue weighted by Gasteiger charge is 2.20. The second-order valence-corrected chi connectivity index (χ2v) is 7.40. The molecule has 0 unspecified atom stereocenters. The van der Waals surface area contributed by atoms with Crippen LogP contribution in [-0.4, -0.2) is 20.5 Å². The van der Waals surface area contributed by atoms with Gasteiger partial charge in [-0.2, -0.15) is 0 Å². The molecule has 1 aromatic carbocycles. The molecule has 2 N–H and O–H groups in total. The van der Waals surface area contributed by atoms with E-state index < -0.39 is 10.0 Å². The first-order chi connectivity index (χ1) is 9.94. The van der Waals surface area contributed by atoms with Gasteiger partial charge in [-0.25, -0.2) is 13.1 Å². The Morgan fingerprint density at radius 3 is 2.52 bits per heavy atom. The van der Waals surface area contributed by atoms with E-state index in [2.05, 4.69) is 9.71 Å². The number of hydrogen-bond donors (Lipinski definition) is 2. The van der Waals surface area contributed by atoms with Crippen molar-refractivity contribution >= 4 is 21.4 Å². The Hall–Kier alpha value is -1.48. The topological polar surface area (TPSA) is 88.3 Å². The molecular formula is C13H16N2O4S2. The third kappa shape index (κ3) is 3.79. The van der Waals surface area contributed by atoms with E-state index in [0.29, 0.717) is 23.6 Å². The number of benzene rings is 1. The summed E-state index contributed by atoms with van der Waals surface area (Å²) in [5.41, 5.74) is 2.10. The van der Waals surface area contributed by atoms with Gasteiger partial charge in [-0.05, 0) is 18.1 Å². The maximum absolute atomic E-state index is 12.2. The molecule has 1 aromatic heterocycles. The van der Waals surface area contributed by atoms with Gasteiger partial charge in [-0.1, -0.05) is 35.6 Å². The largest absolute Gasteiger partial charge is 0.380 e. The molecule has 0 fully saturated rings. The number of aromatic nitrogens is 1. The van der Waals surface area contributed by atoms with E-state index >= 15 is 0 Å². The van der Waals surface area contributed by atoms with Gasteiger partial charge < -0.3 is 9.72 Å². The minimum atomic E-state index is -3.70. The fourth-order valence-electron chi connectivity index (χ4n) is 1.91. The minimum Gasteiger partial charge on any atom is -0.380 e. The van der Waals surface area contributed by atoms with Crippen LogP contribution < -0.4 is 9.60 Å². The lowest BCUT2D eigenvalue weighted by Crippen LogP contribution is -2.23. The van der Waals surface area contributed by atoms with Crippen LogP contribution in [0, 0.1) is 6.92 Å². The molecule has 21 heavy (non-hydrogen) atoms. The Balaban J connectivity index is 2.19. The van der Waals surface area contributed by atoms with Crippen LogP contribution in [-0.2, 0) is 27.9 Å². The summed E-state index contributed by atoms with van der Waals surface area (Å²) in [4.78, 5) is 13.3. The summed E-state index contributed by atoms with van der Waals surface area (Å²) in [7, 11) is -2.12. The van der Waals surface area contributed by atoms with E-state index in [0.717, 1.165) is 11.1 Å². The molecule has 0 aliphatic heterocycles. The smallest absolute Gasteiger partial charge is 0.305 e. The van der Waals surface area contributed by atoms with Crippen LogP contribution in [0.3, 0.4) is 0 Å². The quantitative estimate of drug-likeness (QED) is 0.838. The summed E-state index contributed by atoms with van der Waals surface area (Å²) in [5.74, 6) is 0. The fraction of sp³-hybridized carbons (Fsp3) is 0.308. The van der Waals surface area contributed by atoms with Crippen LogP contribution in [0.4, 0.5) is 0 Å². The molecule has 2 aromatic rings. The Bertz CT molecular complexity index is 777. The number of nitrogens with one attached hydrogen (secondary N) is 2. The predicted octanol–water partition coefficient (Wildman–Crippen LogP) is 1.37. The van der Waals surface area contributed by atoms with Crippen molar-refractivity contribution in [2.45, 2.75) is 24.3 Å².